The van der Waals surface area contributed by atoms with Crippen LogP contribution in [0.25, 0.3) is 16.5 Å². The van der Waals surface area contributed by atoms with Crippen molar-refractivity contribution in [1.82, 2.24) is 30.0 Å². The molecule has 0 saturated carbocycles. The molecule has 4 rings (SSSR count). The van der Waals surface area contributed by atoms with E-state index in [1.54, 1.807) is 11.6 Å². The number of aromatic nitrogens is 6. The van der Waals surface area contributed by atoms with Crippen LogP contribution in [0.5, 0.6) is 5.75 Å². The Morgan fingerprint density at radius 1 is 1.20 bits per heavy atom. The Morgan fingerprint density at radius 3 is 2.68 bits per heavy atom. The van der Waals surface area contributed by atoms with Crippen molar-refractivity contribution < 1.29 is 4.74 Å². The molecule has 3 heterocycles. The minimum Gasteiger partial charge on any atom is -0.497 e. The van der Waals surface area contributed by atoms with E-state index < -0.39 is 0 Å². The molecule has 0 saturated heterocycles. The zero-order valence-corrected chi connectivity index (χ0v) is 15.0. The second-order valence-electron chi connectivity index (χ2n) is 6.10. The fraction of sp³-hybridized carbons (Fsp3) is 0.294. The molecule has 0 bridgehead atoms. The number of ether oxygens (including phenoxy) is 1. The molecule has 0 radical (unpaired) electrons. The van der Waals surface area contributed by atoms with Gasteiger partial charge in [-0.25, -0.2) is 0 Å². The highest BCUT2D eigenvalue weighted by Gasteiger charge is 2.16. The SMILES string of the molecule is COc1ccc(Cc2nn3c(-c4cc(C(C)C)[nH]n4)nnc3s2)cc1. The molecule has 0 atom stereocenters. The molecule has 0 unspecified atom stereocenters. The van der Waals surface area contributed by atoms with Crippen molar-refractivity contribution in [2.75, 3.05) is 7.11 Å². The van der Waals surface area contributed by atoms with Crippen LogP contribution >= 0.6 is 11.3 Å². The molecule has 0 aliphatic heterocycles. The molecule has 0 fully saturated rings. The number of nitrogens with zero attached hydrogens (tertiary/aromatic N) is 5. The summed E-state index contributed by atoms with van der Waals surface area (Å²) < 4.78 is 6.96. The largest absolute Gasteiger partial charge is 0.497 e. The van der Waals surface area contributed by atoms with Crippen molar-refractivity contribution in [3.8, 4) is 17.3 Å². The van der Waals surface area contributed by atoms with E-state index in [4.69, 9.17) is 4.74 Å². The maximum atomic E-state index is 5.19. The monoisotopic (exact) mass is 354 g/mol. The number of methoxy groups -OCH3 is 1. The van der Waals surface area contributed by atoms with E-state index in [0.29, 0.717) is 11.7 Å². The van der Waals surface area contributed by atoms with Crippen LogP contribution in [0.2, 0.25) is 0 Å². The van der Waals surface area contributed by atoms with Crippen molar-refractivity contribution >= 4 is 16.3 Å². The summed E-state index contributed by atoms with van der Waals surface area (Å²) in [6.07, 6.45) is 0.745. The van der Waals surface area contributed by atoms with Crippen LogP contribution in [0.3, 0.4) is 0 Å². The molecule has 0 spiro atoms. The van der Waals surface area contributed by atoms with Crippen molar-refractivity contribution in [3.05, 3.63) is 46.6 Å². The predicted octanol–water partition coefficient (Wildman–Crippen LogP) is 3.30. The van der Waals surface area contributed by atoms with Gasteiger partial charge in [-0.15, -0.1) is 10.2 Å². The standard InChI is InChI=1S/C17H18N6OS/c1-10(2)13-9-14(19-18-13)16-20-21-17-23(16)22-15(25-17)8-11-4-6-12(24-3)7-5-11/h4-7,9-10H,8H2,1-3H3,(H,18,19). The van der Waals surface area contributed by atoms with Gasteiger partial charge in [-0.1, -0.05) is 37.3 Å². The van der Waals surface area contributed by atoms with Gasteiger partial charge in [-0.05, 0) is 29.7 Å². The van der Waals surface area contributed by atoms with Gasteiger partial charge in [0.1, 0.15) is 16.5 Å². The lowest BCUT2D eigenvalue weighted by Gasteiger charge is -2.01. The minimum atomic E-state index is 0.380. The predicted molar refractivity (Wildman–Crippen MR) is 96.1 cm³/mol. The summed E-state index contributed by atoms with van der Waals surface area (Å²) in [5, 5.41) is 21.5. The molecule has 1 aromatic carbocycles. The van der Waals surface area contributed by atoms with Crippen molar-refractivity contribution in [3.63, 3.8) is 0 Å². The normalized spacial score (nSPS) is 11.5. The maximum absolute atomic E-state index is 5.19. The zero-order chi connectivity index (χ0) is 17.4. The van der Waals surface area contributed by atoms with E-state index in [2.05, 4.69) is 39.3 Å². The van der Waals surface area contributed by atoms with Crippen LogP contribution in [0.1, 0.15) is 36.0 Å². The summed E-state index contributed by atoms with van der Waals surface area (Å²) >= 11 is 1.54. The molecule has 4 aromatic rings. The molecule has 8 heteroatoms. The quantitative estimate of drug-likeness (QED) is 0.595. The third-order valence-corrected chi connectivity index (χ3v) is 4.89. The average molecular weight is 354 g/mol. The van der Waals surface area contributed by atoms with Gasteiger partial charge < -0.3 is 4.74 Å². The van der Waals surface area contributed by atoms with Crippen LogP contribution in [-0.4, -0.2) is 37.1 Å². The number of rotatable bonds is 5. The number of nitrogens with one attached hydrogen (secondary N) is 1. The van der Waals surface area contributed by atoms with E-state index in [1.165, 1.54) is 16.9 Å². The van der Waals surface area contributed by atoms with Gasteiger partial charge in [0.2, 0.25) is 10.8 Å². The third kappa shape index (κ3) is 3.00. The van der Waals surface area contributed by atoms with Crippen molar-refractivity contribution in [2.24, 2.45) is 0 Å². The summed E-state index contributed by atoms with van der Waals surface area (Å²) in [5.41, 5.74) is 3.01. The lowest BCUT2D eigenvalue weighted by atomic mass is 10.1. The fourth-order valence-corrected chi connectivity index (χ4v) is 3.42. The molecule has 25 heavy (non-hydrogen) atoms. The van der Waals surface area contributed by atoms with Crippen molar-refractivity contribution in [2.45, 2.75) is 26.2 Å². The van der Waals surface area contributed by atoms with Gasteiger partial charge in [-0.3, -0.25) is 5.10 Å². The van der Waals surface area contributed by atoms with E-state index >= 15 is 0 Å². The highest BCUT2D eigenvalue weighted by molar-refractivity contribution is 7.16. The summed E-state index contributed by atoms with van der Waals surface area (Å²) in [4.78, 5) is 0.771. The first-order chi connectivity index (χ1) is 12.1. The molecule has 0 amide bonds. The van der Waals surface area contributed by atoms with Gasteiger partial charge in [0.25, 0.3) is 0 Å². The number of hydrogen-bond donors (Lipinski definition) is 1. The van der Waals surface area contributed by atoms with Gasteiger partial charge in [0, 0.05) is 12.1 Å². The molecule has 3 aromatic heterocycles. The van der Waals surface area contributed by atoms with E-state index in [1.807, 2.05) is 30.3 Å². The molecular formula is C17H18N6OS. The third-order valence-electron chi connectivity index (χ3n) is 4.00. The van der Waals surface area contributed by atoms with Crippen LogP contribution in [0.15, 0.2) is 30.3 Å². The smallest absolute Gasteiger partial charge is 0.235 e. The number of H-pyrrole nitrogens is 1. The van der Waals surface area contributed by atoms with Gasteiger partial charge >= 0.3 is 0 Å². The second-order valence-corrected chi connectivity index (χ2v) is 7.14. The van der Waals surface area contributed by atoms with Crippen molar-refractivity contribution in [1.29, 1.82) is 0 Å². The van der Waals surface area contributed by atoms with Crippen LogP contribution in [0, 0.1) is 0 Å². The molecule has 0 aliphatic carbocycles. The fourth-order valence-electron chi connectivity index (χ4n) is 2.55. The minimum absolute atomic E-state index is 0.380. The van der Waals surface area contributed by atoms with Crippen LogP contribution < -0.4 is 4.74 Å². The number of benzene rings is 1. The van der Waals surface area contributed by atoms with Crippen LogP contribution in [0.4, 0.5) is 0 Å². The van der Waals surface area contributed by atoms with E-state index in [-0.39, 0.29) is 0 Å². The van der Waals surface area contributed by atoms with Gasteiger partial charge in [-0.2, -0.15) is 14.7 Å². The highest BCUT2D eigenvalue weighted by atomic mass is 32.1. The van der Waals surface area contributed by atoms with Gasteiger partial charge in [0.15, 0.2) is 0 Å². The number of hydrogen-bond acceptors (Lipinski definition) is 6. The Kier molecular flexibility index (Phi) is 3.96. The average Bonchev–Trinajstić information content (AvgIpc) is 3.30. The lowest BCUT2D eigenvalue weighted by molar-refractivity contribution is 0.414. The summed E-state index contributed by atoms with van der Waals surface area (Å²) in [7, 11) is 1.67. The maximum Gasteiger partial charge on any atom is 0.235 e. The van der Waals surface area contributed by atoms with E-state index in [9.17, 15) is 0 Å². The first-order valence-corrected chi connectivity index (χ1v) is 8.85. The number of fused-ring (bicyclic) bond motifs is 1. The van der Waals surface area contributed by atoms with Crippen LogP contribution in [-0.2, 0) is 6.42 Å². The Hall–Kier alpha value is -2.74. The Morgan fingerprint density at radius 2 is 2.00 bits per heavy atom. The Balaban J connectivity index is 1.63. The summed E-state index contributed by atoms with van der Waals surface area (Å²) in [6, 6.07) is 10.0. The first kappa shape index (κ1) is 15.8. The zero-order valence-electron chi connectivity index (χ0n) is 14.2. The molecule has 1 N–H and O–H groups in total. The summed E-state index contributed by atoms with van der Waals surface area (Å²) in [6.45, 7) is 4.24. The molecule has 7 nitrogen and oxygen atoms in total. The highest BCUT2D eigenvalue weighted by Crippen LogP contribution is 2.24. The summed E-state index contributed by atoms with van der Waals surface area (Å²) in [5.74, 6) is 1.89. The first-order valence-electron chi connectivity index (χ1n) is 8.04. The van der Waals surface area contributed by atoms with Gasteiger partial charge in [0.05, 0.1) is 7.11 Å². The van der Waals surface area contributed by atoms with E-state index in [0.717, 1.165) is 33.5 Å². The topological polar surface area (TPSA) is 81.0 Å². The second kappa shape index (κ2) is 6.29. The Labute approximate surface area is 148 Å². The molecule has 128 valence electrons. The lowest BCUT2D eigenvalue weighted by Crippen LogP contribution is -1.94. The Bertz CT molecular complexity index is 998. The number of aromatic amines is 1. The molecule has 0 aliphatic rings. The molecular weight excluding hydrogens is 336 g/mol.